The number of nitrogens with two attached hydrogens (primary N) is 1. The van der Waals surface area contributed by atoms with Gasteiger partial charge in [0.05, 0.1) is 11.4 Å². The minimum absolute atomic E-state index is 0.711. The quantitative estimate of drug-likeness (QED) is 0.796. The molecule has 3 heteroatoms. The van der Waals surface area contributed by atoms with Gasteiger partial charge in [-0.1, -0.05) is 36.7 Å². The molecule has 0 aliphatic carbocycles. The monoisotopic (exact) mass is 260 g/mol. The van der Waals surface area contributed by atoms with Crippen LogP contribution >= 0.6 is 11.6 Å². The van der Waals surface area contributed by atoms with Crippen molar-refractivity contribution in [2.24, 2.45) is 0 Å². The van der Waals surface area contributed by atoms with Crippen LogP contribution in [0.2, 0.25) is 5.02 Å². The number of anilines is 3. The maximum atomic E-state index is 6.13. The first-order valence-electron chi connectivity index (χ1n) is 6.03. The Kier molecular flexibility index (Phi) is 3.78. The van der Waals surface area contributed by atoms with Crippen LogP contribution in [0.1, 0.15) is 18.1 Å². The summed E-state index contributed by atoms with van der Waals surface area (Å²) in [6.45, 7) is 4.10. The summed E-state index contributed by atoms with van der Waals surface area (Å²) in [6, 6.07) is 11.9. The van der Waals surface area contributed by atoms with Crippen LogP contribution in [0.3, 0.4) is 0 Å². The normalized spacial score (nSPS) is 10.4. The molecule has 0 saturated heterocycles. The van der Waals surface area contributed by atoms with Gasteiger partial charge in [-0.25, -0.2) is 0 Å². The number of halogens is 1. The molecule has 2 aromatic rings. The second-order valence-corrected chi connectivity index (χ2v) is 4.68. The summed E-state index contributed by atoms with van der Waals surface area (Å²) in [5, 5.41) is 4.11. The summed E-state index contributed by atoms with van der Waals surface area (Å²) < 4.78 is 0. The van der Waals surface area contributed by atoms with Gasteiger partial charge in [0.15, 0.2) is 0 Å². The fraction of sp³-hybridized carbons (Fsp3) is 0.200. The molecule has 0 atom stereocenters. The van der Waals surface area contributed by atoms with Crippen molar-refractivity contribution in [1.82, 2.24) is 0 Å². The Labute approximate surface area is 113 Å². The highest BCUT2D eigenvalue weighted by Gasteiger charge is 2.08. The van der Waals surface area contributed by atoms with Crippen LogP contribution in [0.4, 0.5) is 17.1 Å². The van der Waals surface area contributed by atoms with Crippen molar-refractivity contribution in [3.63, 3.8) is 0 Å². The molecular weight excluding hydrogens is 244 g/mol. The van der Waals surface area contributed by atoms with E-state index in [-0.39, 0.29) is 0 Å². The molecule has 0 aromatic heterocycles. The maximum absolute atomic E-state index is 6.13. The standard InChI is InChI=1S/C15H17ClN2/c1-3-11-6-4-5-7-14(11)18-15-10(2)12(16)8-9-13(15)17/h4-9,18H,3,17H2,1-2H3. The van der Waals surface area contributed by atoms with E-state index in [0.717, 1.165) is 28.4 Å². The van der Waals surface area contributed by atoms with Crippen molar-refractivity contribution in [1.29, 1.82) is 0 Å². The van der Waals surface area contributed by atoms with E-state index >= 15 is 0 Å². The van der Waals surface area contributed by atoms with Gasteiger partial charge in [-0.2, -0.15) is 0 Å². The van der Waals surface area contributed by atoms with Crippen molar-refractivity contribution in [2.75, 3.05) is 11.1 Å². The molecule has 0 saturated carbocycles. The fourth-order valence-electron chi connectivity index (χ4n) is 1.96. The van der Waals surface area contributed by atoms with Crippen LogP contribution in [0, 0.1) is 6.92 Å². The van der Waals surface area contributed by atoms with E-state index in [4.69, 9.17) is 17.3 Å². The van der Waals surface area contributed by atoms with Crippen LogP contribution in [-0.2, 0) is 6.42 Å². The predicted molar refractivity (Wildman–Crippen MR) is 79.7 cm³/mol. The molecule has 0 aliphatic heterocycles. The first-order valence-corrected chi connectivity index (χ1v) is 6.40. The molecule has 94 valence electrons. The molecule has 0 fully saturated rings. The summed E-state index contributed by atoms with van der Waals surface area (Å²) in [5.74, 6) is 0. The lowest BCUT2D eigenvalue weighted by atomic mass is 10.1. The minimum Gasteiger partial charge on any atom is -0.397 e. The maximum Gasteiger partial charge on any atom is 0.0662 e. The molecule has 3 N–H and O–H groups in total. The zero-order valence-electron chi connectivity index (χ0n) is 10.6. The summed E-state index contributed by atoms with van der Waals surface area (Å²) in [5.41, 5.74) is 10.9. The Balaban J connectivity index is 2.43. The highest BCUT2D eigenvalue weighted by Crippen LogP contribution is 2.32. The molecule has 0 radical (unpaired) electrons. The first kappa shape index (κ1) is 12.8. The summed E-state index contributed by atoms with van der Waals surface area (Å²) in [4.78, 5) is 0. The molecule has 18 heavy (non-hydrogen) atoms. The van der Waals surface area contributed by atoms with Gasteiger partial charge in [0.2, 0.25) is 0 Å². The van der Waals surface area contributed by atoms with E-state index in [9.17, 15) is 0 Å². The average Bonchev–Trinajstić information content (AvgIpc) is 2.39. The third-order valence-electron chi connectivity index (χ3n) is 3.09. The lowest BCUT2D eigenvalue weighted by Crippen LogP contribution is -2.01. The van der Waals surface area contributed by atoms with Crippen molar-refractivity contribution >= 4 is 28.7 Å². The third-order valence-corrected chi connectivity index (χ3v) is 3.50. The fourth-order valence-corrected chi connectivity index (χ4v) is 2.12. The van der Waals surface area contributed by atoms with Crippen molar-refractivity contribution in [3.05, 3.63) is 52.5 Å². The summed E-state index contributed by atoms with van der Waals surface area (Å²) in [6.07, 6.45) is 0.975. The number of benzene rings is 2. The molecule has 0 spiro atoms. The highest BCUT2D eigenvalue weighted by molar-refractivity contribution is 6.32. The predicted octanol–water partition coefficient (Wildman–Crippen LogP) is 4.54. The van der Waals surface area contributed by atoms with E-state index in [1.165, 1.54) is 5.56 Å². The number of hydrogen-bond acceptors (Lipinski definition) is 2. The lowest BCUT2D eigenvalue weighted by Gasteiger charge is -2.16. The second-order valence-electron chi connectivity index (χ2n) is 4.27. The van der Waals surface area contributed by atoms with Gasteiger partial charge in [-0.3, -0.25) is 0 Å². The molecule has 0 aliphatic rings. The summed E-state index contributed by atoms with van der Waals surface area (Å²) >= 11 is 6.13. The Hall–Kier alpha value is -1.67. The lowest BCUT2D eigenvalue weighted by molar-refractivity contribution is 1.14. The molecule has 0 unspecified atom stereocenters. The average molecular weight is 261 g/mol. The number of aryl methyl sites for hydroxylation is 1. The van der Waals surface area contributed by atoms with Gasteiger partial charge in [-0.05, 0) is 42.7 Å². The van der Waals surface area contributed by atoms with E-state index in [1.807, 2.05) is 31.2 Å². The number of nitrogens with one attached hydrogen (secondary N) is 1. The van der Waals surface area contributed by atoms with Gasteiger partial charge in [0.1, 0.15) is 0 Å². The SMILES string of the molecule is CCc1ccccc1Nc1c(N)ccc(Cl)c1C. The van der Waals surface area contributed by atoms with Crippen LogP contribution < -0.4 is 11.1 Å². The highest BCUT2D eigenvalue weighted by atomic mass is 35.5. The molecular formula is C15H17ClN2. The number of nitrogen functional groups attached to an aromatic ring is 1. The van der Waals surface area contributed by atoms with E-state index < -0.39 is 0 Å². The largest absolute Gasteiger partial charge is 0.397 e. The first-order chi connectivity index (χ1) is 8.63. The molecule has 0 bridgehead atoms. The minimum atomic E-state index is 0.711. The van der Waals surface area contributed by atoms with E-state index in [0.29, 0.717) is 5.69 Å². The van der Waals surface area contributed by atoms with E-state index in [2.05, 4.69) is 24.4 Å². The van der Waals surface area contributed by atoms with Crippen molar-refractivity contribution in [2.45, 2.75) is 20.3 Å². The molecule has 2 nitrogen and oxygen atoms in total. The van der Waals surface area contributed by atoms with Crippen LogP contribution in [0.5, 0.6) is 0 Å². The van der Waals surface area contributed by atoms with Crippen LogP contribution in [0.25, 0.3) is 0 Å². The molecule has 0 amide bonds. The third kappa shape index (κ3) is 2.44. The van der Waals surface area contributed by atoms with Crippen molar-refractivity contribution < 1.29 is 0 Å². The van der Waals surface area contributed by atoms with Crippen LogP contribution in [-0.4, -0.2) is 0 Å². The Bertz CT molecular complexity index is 564. The van der Waals surface area contributed by atoms with Crippen LogP contribution in [0.15, 0.2) is 36.4 Å². The van der Waals surface area contributed by atoms with E-state index in [1.54, 1.807) is 0 Å². The van der Waals surface area contributed by atoms with Gasteiger partial charge < -0.3 is 11.1 Å². The Morgan fingerprint density at radius 1 is 1.17 bits per heavy atom. The van der Waals surface area contributed by atoms with Gasteiger partial charge in [0.25, 0.3) is 0 Å². The van der Waals surface area contributed by atoms with Gasteiger partial charge in [-0.15, -0.1) is 0 Å². The second kappa shape index (κ2) is 5.32. The van der Waals surface area contributed by atoms with Gasteiger partial charge >= 0.3 is 0 Å². The Morgan fingerprint density at radius 2 is 1.89 bits per heavy atom. The topological polar surface area (TPSA) is 38.0 Å². The summed E-state index contributed by atoms with van der Waals surface area (Å²) in [7, 11) is 0. The number of para-hydroxylation sites is 1. The Morgan fingerprint density at radius 3 is 2.61 bits per heavy atom. The molecule has 0 heterocycles. The molecule has 2 aromatic carbocycles. The smallest absolute Gasteiger partial charge is 0.0662 e. The van der Waals surface area contributed by atoms with Gasteiger partial charge in [0, 0.05) is 10.7 Å². The zero-order chi connectivity index (χ0) is 13.1. The zero-order valence-corrected chi connectivity index (χ0v) is 11.4. The van der Waals surface area contributed by atoms with Crippen molar-refractivity contribution in [3.8, 4) is 0 Å². The number of hydrogen-bond donors (Lipinski definition) is 2. The number of rotatable bonds is 3. The molecule has 2 rings (SSSR count).